The van der Waals surface area contributed by atoms with Crippen LogP contribution in [0, 0.1) is 13.8 Å². The van der Waals surface area contributed by atoms with E-state index < -0.39 is 0 Å². The predicted octanol–water partition coefficient (Wildman–Crippen LogP) is 6.00. The minimum Gasteiger partial charge on any atom is -0.505 e. The normalized spacial score (nSPS) is 12.0. The van der Waals surface area contributed by atoms with E-state index in [4.69, 9.17) is 0 Å². The number of anilines is 2. The van der Waals surface area contributed by atoms with E-state index >= 15 is 0 Å². The van der Waals surface area contributed by atoms with Crippen molar-refractivity contribution in [2.75, 3.05) is 23.3 Å². The maximum Gasteiger partial charge on any atom is 0.147 e. The first-order valence-electron chi connectivity index (χ1n) is 11.1. The number of rotatable bonds is 7. The smallest absolute Gasteiger partial charge is 0.147 e. The highest BCUT2D eigenvalue weighted by atomic mass is 16.3. The molecule has 0 fully saturated rings. The molecule has 1 atom stereocenters. The summed E-state index contributed by atoms with van der Waals surface area (Å²) in [6, 6.07) is 20.1. The van der Waals surface area contributed by atoms with E-state index in [-0.39, 0.29) is 11.8 Å². The molecule has 5 nitrogen and oxygen atoms in total. The Bertz CT molecular complexity index is 1200. The van der Waals surface area contributed by atoms with Crippen molar-refractivity contribution in [1.82, 2.24) is 9.97 Å². The second-order valence-electron chi connectivity index (χ2n) is 8.04. The van der Waals surface area contributed by atoms with Crippen molar-refractivity contribution in [3.63, 3.8) is 0 Å². The number of aromatic hydroxyl groups is 1. The minimum absolute atomic E-state index is 0.204. The third-order valence-corrected chi connectivity index (χ3v) is 5.95. The molecule has 0 aliphatic carbocycles. The Morgan fingerprint density at radius 1 is 0.969 bits per heavy atom. The number of aryl methyl sites for hydroxylation is 2. The van der Waals surface area contributed by atoms with E-state index in [2.05, 4.69) is 65.2 Å². The van der Waals surface area contributed by atoms with Gasteiger partial charge in [-0.2, -0.15) is 0 Å². The van der Waals surface area contributed by atoms with Crippen LogP contribution in [0.4, 0.5) is 11.5 Å². The molecule has 2 N–H and O–H groups in total. The summed E-state index contributed by atoms with van der Waals surface area (Å²) in [5.41, 5.74) is 5.61. The molecule has 0 aliphatic rings. The number of hydrogen-bond donors (Lipinski definition) is 2. The molecule has 32 heavy (non-hydrogen) atoms. The lowest BCUT2D eigenvalue weighted by atomic mass is 9.93. The van der Waals surface area contributed by atoms with Crippen molar-refractivity contribution in [2.45, 2.75) is 33.7 Å². The zero-order valence-corrected chi connectivity index (χ0v) is 19.1. The van der Waals surface area contributed by atoms with Crippen molar-refractivity contribution in [1.29, 1.82) is 0 Å². The maximum atomic E-state index is 11.3. The third-order valence-electron chi connectivity index (χ3n) is 5.95. The first-order chi connectivity index (χ1) is 15.5. The van der Waals surface area contributed by atoms with Crippen LogP contribution in [0.15, 0.2) is 66.9 Å². The van der Waals surface area contributed by atoms with Gasteiger partial charge in [0.05, 0.1) is 6.04 Å². The fourth-order valence-corrected chi connectivity index (χ4v) is 4.19. The number of phenols is 1. The van der Waals surface area contributed by atoms with Gasteiger partial charge in [-0.1, -0.05) is 24.3 Å². The van der Waals surface area contributed by atoms with Gasteiger partial charge in [0.1, 0.15) is 17.1 Å². The summed E-state index contributed by atoms with van der Waals surface area (Å²) >= 11 is 0. The molecule has 5 heteroatoms. The molecular weight excluding hydrogens is 396 g/mol. The Kier molecular flexibility index (Phi) is 6.26. The molecule has 1 unspecified atom stereocenters. The van der Waals surface area contributed by atoms with Crippen LogP contribution in [0.2, 0.25) is 0 Å². The standard InChI is InChI=1S/C27H30N4O/c1-5-31(6-2)21-13-11-20(12-14-21)25(30-24-9-7-8-16-28-24)23-17-18(3)22-15-10-19(4)29-26(22)27(23)32/h7-17,25,32H,5-6H2,1-4H3,(H,28,30). The van der Waals surface area contributed by atoms with Crippen LogP contribution >= 0.6 is 0 Å². The summed E-state index contributed by atoms with van der Waals surface area (Å²) in [4.78, 5) is 11.4. The number of nitrogens with one attached hydrogen (secondary N) is 1. The molecule has 0 saturated heterocycles. The maximum absolute atomic E-state index is 11.3. The lowest BCUT2D eigenvalue weighted by molar-refractivity contribution is 0.471. The Balaban J connectivity index is 1.84. The molecule has 0 amide bonds. The summed E-state index contributed by atoms with van der Waals surface area (Å²) in [6.07, 6.45) is 1.76. The van der Waals surface area contributed by atoms with Gasteiger partial charge < -0.3 is 15.3 Å². The lowest BCUT2D eigenvalue weighted by Crippen LogP contribution is -2.21. The highest BCUT2D eigenvalue weighted by Gasteiger charge is 2.22. The first kappa shape index (κ1) is 21.6. The molecule has 0 spiro atoms. The number of fused-ring (bicyclic) bond motifs is 1. The van der Waals surface area contributed by atoms with Crippen LogP contribution in [-0.4, -0.2) is 28.2 Å². The van der Waals surface area contributed by atoms with E-state index in [9.17, 15) is 5.11 Å². The van der Waals surface area contributed by atoms with Crippen molar-refractivity contribution in [3.05, 3.63) is 89.2 Å². The van der Waals surface area contributed by atoms with Gasteiger partial charge in [-0.05, 0) is 75.2 Å². The van der Waals surface area contributed by atoms with Gasteiger partial charge in [0.15, 0.2) is 0 Å². The van der Waals surface area contributed by atoms with E-state index in [0.29, 0.717) is 5.52 Å². The van der Waals surface area contributed by atoms with Crippen LogP contribution in [0.5, 0.6) is 5.75 Å². The molecule has 2 aromatic carbocycles. The number of aromatic nitrogens is 2. The molecule has 0 aliphatic heterocycles. The molecule has 4 aromatic rings. The summed E-state index contributed by atoms with van der Waals surface area (Å²) in [5, 5.41) is 15.8. The number of hydrogen-bond acceptors (Lipinski definition) is 5. The summed E-state index contributed by atoms with van der Waals surface area (Å²) in [5.74, 6) is 0.954. The minimum atomic E-state index is -0.277. The van der Waals surface area contributed by atoms with Crippen LogP contribution in [-0.2, 0) is 0 Å². The van der Waals surface area contributed by atoms with Gasteiger partial charge in [0.2, 0.25) is 0 Å². The highest BCUT2D eigenvalue weighted by Crippen LogP contribution is 2.38. The summed E-state index contributed by atoms with van der Waals surface area (Å²) in [7, 11) is 0. The second-order valence-corrected chi connectivity index (χ2v) is 8.04. The highest BCUT2D eigenvalue weighted by molar-refractivity contribution is 5.89. The quantitative estimate of drug-likeness (QED) is 0.379. The Labute approximate surface area is 189 Å². The van der Waals surface area contributed by atoms with Gasteiger partial charge in [-0.3, -0.25) is 0 Å². The number of pyridine rings is 2. The number of phenolic OH excluding ortho intramolecular Hbond substituents is 1. The van der Waals surface area contributed by atoms with Crippen LogP contribution in [0.1, 0.15) is 42.3 Å². The van der Waals surface area contributed by atoms with Crippen molar-refractivity contribution >= 4 is 22.4 Å². The van der Waals surface area contributed by atoms with Crippen LogP contribution in [0.25, 0.3) is 10.9 Å². The topological polar surface area (TPSA) is 61.3 Å². The summed E-state index contributed by atoms with van der Waals surface area (Å²) in [6.45, 7) is 10.2. The predicted molar refractivity (Wildman–Crippen MR) is 133 cm³/mol. The van der Waals surface area contributed by atoms with Gasteiger partial charge >= 0.3 is 0 Å². The number of benzene rings is 2. The van der Waals surface area contributed by atoms with E-state index in [1.54, 1.807) is 6.20 Å². The lowest BCUT2D eigenvalue weighted by Gasteiger charge is -2.25. The van der Waals surface area contributed by atoms with Crippen molar-refractivity contribution < 1.29 is 5.11 Å². The van der Waals surface area contributed by atoms with E-state index in [0.717, 1.165) is 46.7 Å². The van der Waals surface area contributed by atoms with Gasteiger partial charge in [-0.25, -0.2) is 9.97 Å². The fraction of sp³-hybridized carbons (Fsp3) is 0.259. The zero-order valence-electron chi connectivity index (χ0n) is 19.1. The monoisotopic (exact) mass is 426 g/mol. The largest absolute Gasteiger partial charge is 0.505 e. The molecular formula is C27H30N4O. The van der Waals surface area contributed by atoms with Crippen molar-refractivity contribution in [2.24, 2.45) is 0 Å². The molecule has 2 heterocycles. The SMILES string of the molecule is CCN(CC)c1ccc(C(Nc2ccccn2)c2cc(C)c3ccc(C)nc3c2O)cc1. The molecule has 2 aromatic heterocycles. The molecule has 0 saturated carbocycles. The molecule has 4 rings (SSSR count). The Morgan fingerprint density at radius 2 is 1.72 bits per heavy atom. The second kappa shape index (κ2) is 9.27. The third kappa shape index (κ3) is 4.24. The van der Waals surface area contributed by atoms with E-state index in [1.165, 1.54) is 5.69 Å². The average Bonchev–Trinajstić information content (AvgIpc) is 2.82. The van der Waals surface area contributed by atoms with Crippen LogP contribution < -0.4 is 10.2 Å². The molecule has 0 bridgehead atoms. The first-order valence-corrected chi connectivity index (χ1v) is 11.1. The Morgan fingerprint density at radius 3 is 2.38 bits per heavy atom. The van der Waals surface area contributed by atoms with Gasteiger partial charge in [0.25, 0.3) is 0 Å². The zero-order chi connectivity index (χ0) is 22.7. The Hall–Kier alpha value is -3.60. The average molecular weight is 427 g/mol. The van der Waals surface area contributed by atoms with Crippen LogP contribution in [0.3, 0.4) is 0 Å². The number of nitrogens with zero attached hydrogens (tertiary/aromatic N) is 3. The molecule has 0 radical (unpaired) electrons. The summed E-state index contributed by atoms with van der Waals surface area (Å²) < 4.78 is 0. The van der Waals surface area contributed by atoms with E-state index in [1.807, 2.05) is 43.3 Å². The van der Waals surface area contributed by atoms with Gasteiger partial charge in [0, 0.05) is 41.6 Å². The fourth-order valence-electron chi connectivity index (χ4n) is 4.19. The van der Waals surface area contributed by atoms with Gasteiger partial charge in [-0.15, -0.1) is 0 Å². The van der Waals surface area contributed by atoms with Crippen molar-refractivity contribution in [3.8, 4) is 5.75 Å². The molecule has 164 valence electrons.